The zero-order valence-electron chi connectivity index (χ0n) is 27.1. The Morgan fingerprint density at radius 2 is 1.96 bits per heavy atom. The van der Waals surface area contributed by atoms with Crippen LogP contribution in [0.3, 0.4) is 0 Å². The van der Waals surface area contributed by atoms with Crippen molar-refractivity contribution in [3.05, 3.63) is 64.5 Å². The van der Waals surface area contributed by atoms with Crippen LogP contribution in [-0.2, 0) is 21.4 Å². The maximum absolute atomic E-state index is 13.6. The molecule has 6 rings (SSSR count). The van der Waals surface area contributed by atoms with E-state index in [1.54, 1.807) is 19.0 Å². The Kier molecular flexibility index (Phi) is 8.31. The van der Waals surface area contributed by atoms with Gasteiger partial charge in [-0.1, -0.05) is 45.1 Å². The van der Waals surface area contributed by atoms with Crippen molar-refractivity contribution in [2.75, 3.05) is 20.6 Å². The molecule has 242 valence electrons. The van der Waals surface area contributed by atoms with E-state index >= 15 is 0 Å². The van der Waals surface area contributed by atoms with E-state index in [1.807, 2.05) is 24.3 Å². The second-order valence-electron chi connectivity index (χ2n) is 14.2. The number of fused-ring (bicyclic) bond motifs is 3. The molecule has 2 heterocycles. The number of carbonyl (C=O) groups is 3. The molecule has 3 amide bonds. The summed E-state index contributed by atoms with van der Waals surface area (Å²) in [5, 5.41) is 34.5. The molecule has 7 atom stereocenters. The average Bonchev–Trinajstić information content (AvgIpc) is 3.43. The first kappa shape index (κ1) is 31.6. The number of benzene rings is 1. The Bertz CT molecular complexity index is 1620. The fourth-order valence-corrected chi connectivity index (χ4v) is 8.07. The summed E-state index contributed by atoms with van der Waals surface area (Å²) < 4.78 is 0. The minimum Gasteiger partial charge on any atom is -0.355 e. The molecule has 1 aromatic carbocycles. The molecule has 0 spiro atoms. The number of amides is 3. The van der Waals surface area contributed by atoms with Crippen LogP contribution in [0, 0.1) is 34.5 Å². The highest BCUT2D eigenvalue weighted by Crippen LogP contribution is 2.53. The van der Waals surface area contributed by atoms with E-state index < -0.39 is 5.41 Å². The van der Waals surface area contributed by atoms with Gasteiger partial charge in [0.05, 0.1) is 18.0 Å². The van der Waals surface area contributed by atoms with Crippen LogP contribution in [0.4, 0.5) is 0 Å². The highest BCUT2D eigenvalue weighted by Gasteiger charge is 2.55. The van der Waals surface area contributed by atoms with Gasteiger partial charge in [-0.05, 0) is 83.0 Å². The Morgan fingerprint density at radius 1 is 1.17 bits per heavy atom. The van der Waals surface area contributed by atoms with Gasteiger partial charge in [0.25, 0.3) is 11.8 Å². The van der Waals surface area contributed by atoms with Crippen molar-refractivity contribution in [1.82, 2.24) is 41.5 Å². The van der Waals surface area contributed by atoms with Crippen LogP contribution in [0.25, 0.3) is 0 Å². The number of nitriles is 1. The van der Waals surface area contributed by atoms with Gasteiger partial charge < -0.3 is 20.9 Å². The highest BCUT2D eigenvalue weighted by atomic mass is 16.2. The third kappa shape index (κ3) is 5.51. The minimum absolute atomic E-state index is 0.0340. The van der Waals surface area contributed by atoms with E-state index in [4.69, 9.17) is 0 Å². The highest BCUT2D eigenvalue weighted by molar-refractivity contribution is 5.96. The lowest BCUT2D eigenvalue weighted by Gasteiger charge is -2.46. The molecule has 46 heavy (non-hydrogen) atoms. The Morgan fingerprint density at radius 3 is 2.63 bits per heavy atom. The SMILES string of the molecule is CNC(=O)C1=CC2CCc3cc(C(=O)NC)ccc3C(C[C@H](NCC(=O)N3C(C#N)C[C@@H]4C[C@@H]43)C(C)(C)C)(c3nnn[nH]3)C2C=C1. The summed E-state index contributed by atoms with van der Waals surface area (Å²) in [7, 11) is 3.25. The quantitative estimate of drug-likeness (QED) is 0.346. The first-order chi connectivity index (χ1) is 22.0. The van der Waals surface area contributed by atoms with Gasteiger partial charge in [-0.25, -0.2) is 5.10 Å². The van der Waals surface area contributed by atoms with Gasteiger partial charge in [0.15, 0.2) is 5.82 Å². The zero-order valence-corrected chi connectivity index (χ0v) is 27.1. The van der Waals surface area contributed by atoms with Crippen molar-refractivity contribution in [2.45, 2.75) is 76.4 Å². The van der Waals surface area contributed by atoms with Gasteiger partial charge in [0.2, 0.25) is 5.91 Å². The first-order valence-electron chi connectivity index (χ1n) is 16.2. The summed E-state index contributed by atoms with van der Waals surface area (Å²) in [6.45, 7) is 6.56. The number of piperidine rings is 1. The number of allylic oxidation sites excluding steroid dienone is 2. The van der Waals surface area contributed by atoms with E-state index in [-0.39, 0.29) is 59.6 Å². The predicted octanol–water partition coefficient (Wildman–Crippen LogP) is 2.17. The molecule has 1 saturated heterocycles. The van der Waals surface area contributed by atoms with Crippen LogP contribution in [0.1, 0.15) is 73.8 Å². The van der Waals surface area contributed by atoms with Crippen molar-refractivity contribution < 1.29 is 14.4 Å². The molecule has 0 bridgehead atoms. The largest absolute Gasteiger partial charge is 0.355 e. The van der Waals surface area contributed by atoms with Crippen LogP contribution < -0.4 is 16.0 Å². The van der Waals surface area contributed by atoms with Crippen molar-refractivity contribution in [3.63, 3.8) is 0 Å². The van der Waals surface area contributed by atoms with Gasteiger partial charge in [-0.3, -0.25) is 14.4 Å². The minimum atomic E-state index is -0.805. The molecule has 2 aromatic rings. The summed E-state index contributed by atoms with van der Waals surface area (Å²) in [5.41, 5.74) is 2.11. The fraction of sp³-hybridized carbons (Fsp3) is 0.559. The summed E-state index contributed by atoms with van der Waals surface area (Å²) in [6.07, 6.45) is 9.74. The third-order valence-electron chi connectivity index (χ3n) is 10.6. The second kappa shape index (κ2) is 12.1. The molecule has 1 aliphatic heterocycles. The Labute approximate surface area is 269 Å². The van der Waals surface area contributed by atoms with E-state index in [0.29, 0.717) is 35.7 Å². The van der Waals surface area contributed by atoms with E-state index in [1.165, 1.54) is 0 Å². The number of nitrogens with zero attached hydrogens (tertiary/aromatic N) is 5. The number of hydrogen-bond donors (Lipinski definition) is 4. The van der Waals surface area contributed by atoms with Crippen molar-refractivity contribution in [3.8, 4) is 6.07 Å². The third-order valence-corrected chi connectivity index (χ3v) is 10.6. The van der Waals surface area contributed by atoms with Crippen molar-refractivity contribution in [2.24, 2.45) is 23.2 Å². The lowest BCUT2D eigenvalue weighted by Crippen LogP contribution is -2.53. The number of carbonyl (C=O) groups excluding carboxylic acids is 3. The summed E-state index contributed by atoms with van der Waals surface area (Å²) in [6, 6.07) is 7.78. The van der Waals surface area contributed by atoms with Crippen LogP contribution in [0.15, 0.2) is 42.0 Å². The molecule has 2 fully saturated rings. The van der Waals surface area contributed by atoms with Crippen LogP contribution in [0.5, 0.6) is 0 Å². The lowest BCUT2D eigenvalue weighted by molar-refractivity contribution is -0.131. The van der Waals surface area contributed by atoms with E-state index in [9.17, 15) is 19.6 Å². The number of nitrogens with one attached hydrogen (secondary N) is 4. The predicted molar refractivity (Wildman–Crippen MR) is 170 cm³/mol. The van der Waals surface area contributed by atoms with Crippen LogP contribution >= 0.6 is 0 Å². The number of aromatic amines is 1. The van der Waals surface area contributed by atoms with Gasteiger partial charge in [0, 0.05) is 43.2 Å². The zero-order chi connectivity index (χ0) is 32.8. The molecule has 1 saturated carbocycles. The topological polar surface area (TPSA) is 169 Å². The second-order valence-corrected chi connectivity index (χ2v) is 14.2. The summed E-state index contributed by atoms with van der Waals surface area (Å²) in [4.78, 5) is 40.9. The number of aryl methyl sites for hydroxylation is 1. The molecule has 3 aliphatic carbocycles. The number of hydrogen-bond acceptors (Lipinski definition) is 8. The van der Waals surface area contributed by atoms with Crippen LogP contribution in [-0.4, -0.2) is 82.0 Å². The van der Waals surface area contributed by atoms with Crippen LogP contribution in [0.2, 0.25) is 0 Å². The maximum Gasteiger partial charge on any atom is 0.251 e. The van der Waals surface area contributed by atoms with E-state index in [2.05, 4.69) is 75.6 Å². The number of tetrazole rings is 1. The molecule has 0 radical (unpaired) electrons. The number of rotatable bonds is 8. The molecular weight excluding hydrogens is 582 g/mol. The van der Waals surface area contributed by atoms with E-state index in [0.717, 1.165) is 30.4 Å². The van der Waals surface area contributed by atoms with Crippen molar-refractivity contribution in [1.29, 1.82) is 5.26 Å². The smallest absolute Gasteiger partial charge is 0.251 e. The number of H-pyrrole nitrogens is 1. The van der Waals surface area contributed by atoms with Gasteiger partial charge in [0.1, 0.15) is 6.04 Å². The van der Waals surface area contributed by atoms with Gasteiger partial charge in [-0.15, -0.1) is 5.10 Å². The molecule has 12 nitrogen and oxygen atoms in total. The molecule has 4 unspecified atom stereocenters. The fourth-order valence-electron chi connectivity index (χ4n) is 8.07. The number of aromatic nitrogens is 4. The van der Waals surface area contributed by atoms with Gasteiger partial charge in [-0.2, -0.15) is 5.26 Å². The average molecular weight is 626 g/mol. The standard InChI is InChI=1S/C34H43N9O3/c1-33(2,3)28(38-18-29(44)43-24(17-35)14-23-15-27(23)43)16-34(32-39-41-42-40-32)25-10-8-21(30(45)36-4)12-19(25)6-7-20-13-22(31(46)37-5)9-11-26(20)34/h8-13,19,23-25,27-28,38H,6-7,14-16,18H2,1-5H3,(H,36,45)(H,37,46)(H,39,40,41,42)/t19?,23-,24?,25?,27+,28+,34?/m1/s1. The molecule has 1 aromatic heterocycles. The van der Waals surface area contributed by atoms with Crippen molar-refractivity contribution >= 4 is 17.7 Å². The first-order valence-corrected chi connectivity index (χ1v) is 16.2. The maximum atomic E-state index is 13.6. The molecular formula is C34H43N9O3. The normalized spacial score (nSPS) is 28.5. The Hall–Kier alpha value is -4.37. The number of likely N-dealkylation sites (N-methyl/N-ethyl adjacent to an activating group) is 1. The Balaban J connectivity index is 1.44. The summed E-state index contributed by atoms with van der Waals surface area (Å²) in [5.74, 6) is 0.500. The lowest BCUT2D eigenvalue weighted by atomic mass is 9.59. The molecule has 12 heteroatoms. The summed E-state index contributed by atoms with van der Waals surface area (Å²) >= 11 is 0. The molecule has 4 aliphatic rings. The van der Waals surface area contributed by atoms with Gasteiger partial charge >= 0.3 is 0 Å². The monoisotopic (exact) mass is 625 g/mol. The molecule has 4 N–H and O–H groups in total. The number of likely N-dealkylation sites (tertiary alicyclic amines) is 1.